The highest BCUT2D eigenvalue weighted by atomic mass is 35.5. The van der Waals surface area contributed by atoms with Gasteiger partial charge in [-0.2, -0.15) is 0 Å². The van der Waals surface area contributed by atoms with Gasteiger partial charge in [-0.1, -0.05) is 11.6 Å². The summed E-state index contributed by atoms with van der Waals surface area (Å²) in [5, 5.41) is 9.12. The summed E-state index contributed by atoms with van der Waals surface area (Å²) in [6.45, 7) is 1.63. The van der Waals surface area contributed by atoms with Crippen molar-refractivity contribution in [1.29, 1.82) is 0 Å². The average Bonchev–Trinajstić information content (AvgIpc) is 1.82. The first kappa shape index (κ1) is 7.35. The molecule has 0 aliphatic carbocycles. The van der Waals surface area contributed by atoms with Crippen LogP contribution >= 0.6 is 11.6 Å². The highest BCUT2D eigenvalue weighted by molar-refractivity contribution is 6.32. The van der Waals surface area contributed by atoms with Crippen LogP contribution in [0.15, 0.2) is 12.1 Å². The first-order valence-electron chi connectivity index (χ1n) is 2.76. The summed E-state index contributed by atoms with van der Waals surface area (Å²) in [5.41, 5.74) is 0.541. The molecular formula is C7H6ClFO. The Labute approximate surface area is 63.1 Å². The Morgan fingerprint density at radius 3 is 2.60 bits per heavy atom. The fourth-order valence-corrected chi connectivity index (χ4v) is 0.817. The van der Waals surface area contributed by atoms with Crippen LogP contribution in [0.1, 0.15) is 5.56 Å². The lowest BCUT2D eigenvalue weighted by Crippen LogP contribution is -1.79. The predicted molar refractivity (Wildman–Crippen MR) is 37.8 cm³/mol. The predicted octanol–water partition coefficient (Wildman–Crippen LogP) is 2.49. The van der Waals surface area contributed by atoms with Crippen LogP contribution < -0.4 is 0 Å². The Kier molecular flexibility index (Phi) is 1.81. The molecule has 0 spiro atoms. The molecule has 0 aliphatic heterocycles. The summed E-state index contributed by atoms with van der Waals surface area (Å²) in [4.78, 5) is 0. The van der Waals surface area contributed by atoms with E-state index in [4.69, 9.17) is 16.7 Å². The quantitative estimate of drug-likeness (QED) is 0.618. The summed E-state index contributed by atoms with van der Waals surface area (Å²) in [6, 6.07) is 2.25. The number of phenols is 1. The number of hydrogen-bond acceptors (Lipinski definition) is 1. The van der Waals surface area contributed by atoms with Crippen LogP contribution in [0.5, 0.6) is 5.75 Å². The molecule has 0 aliphatic rings. The van der Waals surface area contributed by atoms with E-state index in [0.29, 0.717) is 5.56 Å². The third-order valence-corrected chi connectivity index (χ3v) is 1.69. The number of benzene rings is 1. The molecule has 0 bridgehead atoms. The highest BCUT2D eigenvalue weighted by Crippen LogP contribution is 2.27. The number of aryl methyl sites for hydroxylation is 1. The van der Waals surface area contributed by atoms with E-state index >= 15 is 0 Å². The van der Waals surface area contributed by atoms with E-state index in [1.165, 1.54) is 6.07 Å². The fraction of sp³-hybridized carbons (Fsp3) is 0.143. The zero-order chi connectivity index (χ0) is 7.72. The third-order valence-electron chi connectivity index (χ3n) is 1.20. The van der Waals surface area contributed by atoms with E-state index in [9.17, 15) is 4.39 Å². The smallest absolute Gasteiger partial charge is 0.137 e. The van der Waals surface area contributed by atoms with Gasteiger partial charge >= 0.3 is 0 Å². The van der Waals surface area contributed by atoms with Crippen molar-refractivity contribution >= 4 is 11.6 Å². The van der Waals surface area contributed by atoms with Crippen LogP contribution in [0.25, 0.3) is 0 Å². The van der Waals surface area contributed by atoms with Crippen LogP contribution in [0.4, 0.5) is 4.39 Å². The molecule has 0 saturated heterocycles. The molecule has 0 aromatic heterocycles. The van der Waals surface area contributed by atoms with Crippen molar-refractivity contribution in [2.45, 2.75) is 6.92 Å². The minimum atomic E-state index is -0.473. The Morgan fingerprint density at radius 2 is 2.10 bits per heavy atom. The lowest BCUT2D eigenvalue weighted by molar-refractivity contribution is 0.469. The fourth-order valence-electron chi connectivity index (χ4n) is 0.708. The van der Waals surface area contributed by atoms with E-state index in [1.807, 2.05) is 0 Å². The van der Waals surface area contributed by atoms with E-state index in [1.54, 1.807) is 6.92 Å². The molecule has 3 heteroatoms. The lowest BCUT2D eigenvalue weighted by Gasteiger charge is -1.99. The first-order valence-corrected chi connectivity index (χ1v) is 3.13. The van der Waals surface area contributed by atoms with Gasteiger partial charge in [0.25, 0.3) is 0 Å². The zero-order valence-corrected chi connectivity index (χ0v) is 6.11. The van der Waals surface area contributed by atoms with Crippen molar-refractivity contribution in [3.8, 4) is 5.75 Å². The molecule has 0 amide bonds. The Balaban J connectivity index is 3.31. The van der Waals surface area contributed by atoms with E-state index < -0.39 is 5.82 Å². The summed E-state index contributed by atoms with van der Waals surface area (Å²) < 4.78 is 12.4. The Hall–Kier alpha value is -0.760. The van der Waals surface area contributed by atoms with Crippen LogP contribution in [-0.4, -0.2) is 5.11 Å². The van der Waals surface area contributed by atoms with E-state index in [-0.39, 0.29) is 10.8 Å². The second-order valence-electron chi connectivity index (χ2n) is 2.06. The summed E-state index contributed by atoms with van der Waals surface area (Å²) >= 11 is 5.53. The lowest BCUT2D eigenvalue weighted by atomic mass is 10.2. The SMILES string of the molecule is Cc1cc(F)cc(O)c1Cl. The summed E-state index contributed by atoms with van der Waals surface area (Å²) in [5.74, 6) is -0.682. The van der Waals surface area contributed by atoms with E-state index in [2.05, 4.69) is 0 Å². The van der Waals surface area contributed by atoms with Gasteiger partial charge in [0.15, 0.2) is 0 Å². The maximum Gasteiger partial charge on any atom is 0.137 e. The van der Waals surface area contributed by atoms with Crippen molar-refractivity contribution in [1.82, 2.24) is 0 Å². The monoisotopic (exact) mass is 160 g/mol. The van der Waals surface area contributed by atoms with E-state index in [0.717, 1.165) is 6.07 Å². The largest absolute Gasteiger partial charge is 0.506 e. The molecule has 1 aromatic carbocycles. The average molecular weight is 161 g/mol. The molecule has 0 atom stereocenters. The molecule has 1 N–H and O–H groups in total. The van der Waals surface area contributed by atoms with Gasteiger partial charge in [-0.3, -0.25) is 0 Å². The Bertz CT molecular complexity index is 237. The minimum absolute atomic E-state index is 0.209. The van der Waals surface area contributed by atoms with Gasteiger partial charge in [-0.05, 0) is 18.6 Å². The standard InChI is InChI=1S/C7H6ClFO/c1-4-2-5(9)3-6(10)7(4)8/h2-3,10H,1H3. The number of phenolic OH excluding ortho intramolecular Hbond substituents is 1. The Morgan fingerprint density at radius 1 is 1.50 bits per heavy atom. The molecule has 0 saturated carbocycles. The van der Waals surface area contributed by atoms with Crippen LogP contribution in [0.3, 0.4) is 0 Å². The van der Waals surface area contributed by atoms with Crippen LogP contribution in [0.2, 0.25) is 5.02 Å². The van der Waals surface area contributed by atoms with Crippen molar-refractivity contribution in [3.05, 3.63) is 28.5 Å². The van der Waals surface area contributed by atoms with Crippen LogP contribution in [-0.2, 0) is 0 Å². The number of rotatable bonds is 0. The molecule has 1 aromatic rings. The van der Waals surface area contributed by atoms with Gasteiger partial charge in [0.1, 0.15) is 11.6 Å². The molecule has 1 rings (SSSR count). The first-order chi connectivity index (χ1) is 4.61. The second kappa shape index (κ2) is 2.46. The van der Waals surface area contributed by atoms with Crippen molar-refractivity contribution in [3.63, 3.8) is 0 Å². The molecule has 10 heavy (non-hydrogen) atoms. The molecule has 54 valence electrons. The van der Waals surface area contributed by atoms with Crippen molar-refractivity contribution < 1.29 is 9.50 Å². The molecule has 1 nitrogen and oxygen atoms in total. The zero-order valence-electron chi connectivity index (χ0n) is 5.36. The van der Waals surface area contributed by atoms with Gasteiger partial charge < -0.3 is 5.11 Å². The normalized spacial score (nSPS) is 9.90. The molecule has 0 heterocycles. The van der Waals surface area contributed by atoms with Crippen LogP contribution in [0, 0.1) is 12.7 Å². The van der Waals surface area contributed by atoms with Gasteiger partial charge in [0.2, 0.25) is 0 Å². The third kappa shape index (κ3) is 1.21. The van der Waals surface area contributed by atoms with Gasteiger partial charge in [0.05, 0.1) is 5.02 Å². The van der Waals surface area contributed by atoms with Gasteiger partial charge in [-0.25, -0.2) is 4.39 Å². The molecule has 0 unspecified atom stereocenters. The second-order valence-corrected chi connectivity index (χ2v) is 2.43. The topological polar surface area (TPSA) is 20.2 Å². The number of halogens is 2. The highest BCUT2D eigenvalue weighted by Gasteiger charge is 2.03. The molecule has 0 fully saturated rings. The summed E-state index contributed by atoms with van der Waals surface area (Å²) in [6.07, 6.45) is 0. The van der Waals surface area contributed by atoms with Crippen molar-refractivity contribution in [2.24, 2.45) is 0 Å². The maximum atomic E-state index is 12.4. The van der Waals surface area contributed by atoms with Crippen molar-refractivity contribution in [2.75, 3.05) is 0 Å². The maximum absolute atomic E-state index is 12.4. The van der Waals surface area contributed by atoms with Gasteiger partial charge in [-0.15, -0.1) is 0 Å². The number of hydrogen-bond donors (Lipinski definition) is 1. The summed E-state index contributed by atoms with van der Waals surface area (Å²) in [7, 11) is 0. The molecular weight excluding hydrogens is 155 g/mol. The van der Waals surface area contributed by atoms with Gasteiger partial charge in [0, 0.05) is 6.07 Å². The minimum Gasteiger partial charge on any atom is -0.506 e. The molecule has 0 radical (unpaired) electrons. The number of aromatic hydroxyl groups is 1.